The summed E-state index contributed by atoms with van der Waals surface area (Å²) in [5.74, 6) is 1.68. The molecule has 0 unspecified atom stereocenters. The summed E-state index contributed by atoms with van der Waals surface area (Å²) in [6, 6.07) is 9.67. The number of benzene rings is 1. The number of pyridine rings is 1. The molecule has 88 valence electrons. The molecule has 0 radical (unpaired) electrons. The minimum absolute atomic E-state index is 0.777. The smallest absolute Gasteiger partial charge is 0.120 e. The maximum atomic E-state index is 5.92. The summed E-state index contributed by atoms with van der Waals surface area (Å²) in [5, 5.41) is 0. The van der Waals surface area contributed by atoms with Crippen LogP contribution in [-0.4, -0.2) is 12.1 Å². The zero-order valence-corrected chi connectivity index (χ0v) is 10.4. The van der Waals surface area contributed by atoms with Crippen molar-refractivity contribution >= 4 is 17.4 Å². The van der Waals surface area contributed by atoms with Gasteiger partial charge in [-0.3, -0.25) is 4.98 Å². The largest absolute Gasteiger partial charge is 0.497 e. The van der Waals surface area contributed by atoms with Crippen LogP contribution in [0.4, 0.5) is 5.69 Å². The van der Waals surface area contributed by atoms with Gasteiger partial charge < -0.3 is 10.5 Å². The van der Waals surface area contributed by atoms with Crippen LogP contribution >= 0.6 is 11.8 Å². The second-order valence-electron chi connectivity index (χ2n) is 3.55. The predicted octanol–water partition coefficient (Wildman–Crippen LogP) is 2.96. The average molecular weight is 246 g/mol. The Bertz CT molecular complexity index is 488. The molecule has 1 heterocycles. The van der Waals surface area contributed by atoms with Crippen LogP contribution in [0.5, 0.6) is 5.75 Å². The first kappa shape index (κ1) is 11.8. The van der Waals surface area contributed by atoms with Crippen molar-refractivity contribution in [2.75, 3.05) is 12.8 Å². The van der Waals surface area contributed by atoms with E-state index < -0.39 is 0 Å². The molecule has 2 rings (SSSR count). The van der Waals surface area contributed by atoms with Crippen LogP contribution in [0.3, 0.4) is 0 Å². The molecule has 2 N–H and O–H groups in total. The number of nitrogens with two attached hydrogens (primary N) is 1. The van der Waals surface area contributed by atoms with Crippen molar-refractivity contribution in [3.05, 3.63) is 48.3 Å². The fourth-order valence-corrected chi connectivity index (χ4v) is 2.34. The highest BCUT2D eigenvalue weighted by atomic mass is 32.2. The lowest BCUT2D eigenvalue weighted by molar-refractivity contribution is 0.414. The Balaban J connectivity index is 2.08. The summed E-state index contributed by atoms with van der Waals surface area (Å²) >= 11 is 1.68. The van der Waals surface area contributed by atoms with Crippen molar-refractivity contribution in [1.82, 2.24) is 4.98 Å². The lowest BCUT2D eigenvalue weighted by Gasteiger charge is -2.07. The third kappa shape index (κ3) is 3.14. The normalized spacial score (nSPS) is 10.2. The van der Waals surface area contributed by atoms with Gasteiger partial charge in [0.2, 0.25) is 0 Å². The molecule has 0 saturated heterocycles. The number of ether oxygens (including phenoxy) is 1. The van der Waals surface area contributed by atoms with Gasteiger partial charge in [0.25, 0.3) is 0 Å². The molecule has 0 amide bonds. The molecule has 0 aliphatic heterocycles. The Morgan fingerprint density at radius 1 is 1.35 bits per heavy atom. The number of methoxy groups -OCH3 is 1. The average Bonchev–Trinajstić information content (AvgIpc) is 2.39. The van der Waals surface area contributed by atoms with Gasteiger partial charge in [-0.2, -0.15) is 0 Å². The van der Waals surface area contributed by atoms with Gasteiger partial charge in [0, 0.05) is 28.7 Å². The summed E-state index contributed by atoms with van der Waals surface area (Å²) in [6.45, 7) is 0. The zero-order chi connectivity index (χ0) is 12.1. The Labute approximate surface area is 105 Å². The minimum Gasteiger partial charge on any atom is -0.497 e. The standard InChI is InChI=1S/C13H14N2OS/c1-16-11-4-5-12(14)13(7-11)17-9-10-3-2-6-15-8-10/h2-8H,9,14H2,1H3. The number of hydrogen-bond donors (Lipinski definition) is 1. The first-order chi connectivity index (χ1) is 8.29. The van der Waals surface area contributed by atoms with Gasteiger partial charge in [-0.25, -0.2) is 0 Å². The Morgan fingerprint density at radius 2 is 2.24 bits per heavy atom. The molecule has 0 atom stereocenters. The van der Waals surface area contributed by atoms with Crippen LogP contribution in [0, 0.1) is 0 Å². The molecule has 0 saturated carbocycles. The minimum atomic E-state index is 0.777. The summed E-state index contributed by atoms with van der Waals surface area (Å²) in [5.41, 5.74) is 7.87. The van der Waals surface area contributed by atoms with Gasteiger partial charge in [0.05, 0.1) is 7.11 Å². The highest BCUT2D eigenvalue weighted by Crippen LogP contribution is 2.31. The SMILES string of the molecule is COc1ccc(N)c(SCc2cccnc2)c1. The molecule has 4 heteroatoms. The molecule has 1 aromatic heterocycles. The molecule has 1 aromatic carbocycles. The van der Waals surface area contributed by atoms with E-state index in [2.05, 4.69) is 11.1 Å². The first-order valence-electron chi connectivity index (χ1n) is 5.25. The van der Waals surface area contributed by atoms with E-state index in [9.17, 15) is 0 Å². The predicted molar refractivity (Wildman–Crippen MR) is 71.2 cm³/mol. The summed E-state index contributed by atoms with van der Waals surface area (Å²) in [7, 11) is 1.65. The van der Waals surface area contributed by atoms with Gasteiger partial charge in [-0.15, -0.1) is 11.8 Å². The summed E-state index contributed by atoms with van der Waals surface area (Å²) < 4.78 is 5.18. The molecule has 0 bridgehead atoms. The number of nitrogen functional groups attached to an aromatic ring is 1. The van der Waals surface area contributed by atoms with Crippen molar-refractivity contribution in [3.8, 4) is 5.75 Å². The van der Waals surface area contributed by atoms with E-state index in [1.807, 2.05) is 30.5 Å². The molecule has 0 aliphatic carbocycles. The van der Waals surface area contributed by atoms with Crippen LogP contribution in [0.15, 0.2) is 47.6 Å². The molecular formula is C13H14N2OS. The van der Waals surface area contributed by atoms with Crippen LogP contribution in [0.25, 0.3) is 0 Å². The van der Waals surface area contributed by atoms with E-state index in [4.69, 9.17) is 10.5 Å². The third-order valence-corrected chi connectivity index (χ3v) is 3.48. The van der Waals surface area contributed by atoms with Crippen LogP contribution in [-0.2, 0) is 5.75 Å². The Kier molecular flexibility index (Phi) is 3.88. The number of rotatable bonds is 4. The summed E-state index contributed by atoms with van der Waals surface area (Å²) in [4.78, 5) is 5.12. The molecular weight excluding hydrogens is 232 g/mol. The highest BCUT2D eigenvalue weighted by molar-refractivity contribution is 7.98. The molecule has 0 aliphatic rings. The molecule has 3 nitrogen and oxygen atoms in total. The third-order valence-electron chi connectivity index (χ3n) is 2.34. The van der Waals surface area contributed by atoms with Crippen LogP contribution in [0.2, 0.25) is 0 Å². The van der Waals surface area contributed by atoms with E-state index in [1.54, 1.807) is 25.1 Å². The van der Waals surface area contributed by atoms with Crippen molar-refractivity contribution in [2.45, 2.75) is 10.6 Å². The molecule has 0 fully saturated rings. The molecule has 0 spiro atoms. The maximum absolute atomic E-state index is 5.92. The Morgan fingerprint density at radius 3 is 2.94 bits per heavy atom. The number of aromatic nitrogens is 1. The number of nitrogens with zero attached hydrogens (tertiary/aromatic N) is 1. The summed E-state index contributed by atoms with van der Waals surface area (Å²) in [6.07, 6.45) is 3.64. The van der Waals surface area contributed by atoms with E-state index in [0.29, 0.717) is 0 Å². The fourth-order valence-electron chi connectivity index (χ4n) is 1.41. The van der Waals surface area contributed by atoms with Gasteiger partial charge in [-0.1, -0.05) is 6.07 Å². The van der Waals surface area contributed by atoms with Crippen molar-refractivity contribution in [2.24, 2.45) is 0 Å². The van der Waals surface area contributed by atoms with Crippen LogP contribution < -0.4 is 10.5 Å². The second-order valence-corrected chi connectivity index (χ2v) is 4.57. The van der Waals surface area contributed by atoms with E-state index in [-0.39, 0.29) is 0 Å². The quantitative estimate of drug-likeness (QED) is 0.665. The van der Waals surface area contributed by atoms with Crippen molar-refractivity contribution in [1.29, 1.82) is 0 Å². The zero-order valence-electron chi connectivity index (χ0n) is 9.59. The highest BCUT2D eigenvalue weighted by Gasteiger charge is 2.03. The number of thioether (sulfide) groups is 1. The first-order valence-corrected chi connectivity index (χ1v) is 6.23. The van der Waals surface area contributed by atoms with Gasteiger partial charge >= 0.3 is 0 Å². The Hall–Kier alpha value is -1.68. The van der Waals surface area contributed by atoms with Crippen molar-refractivity contribution in [3.63, 3.8) is 0 Å². The fraction of sp³-hybridized carbons (Fsp3) is 0.154. The monoisotopic (exact) mass is 246 g/mol. The van der Waals surface area contributed by atoms with E-state index in [0.717, 1.165) is 22.1 Å². The number of hydrogen-bond acceptors (Lipinski definition) is 4. The maximum Gasteiger partial charge on any atom is 0.120 e. The lowest BCUT2D eigenvalue weighted by atomic mass is 10.3. The van der Waals surface area contributed by atoms with E-state index in [1.165, 1.54) is 5.56 Å². The van der Waals surface area contributed by atoms with Gasteiger partial charge in [-0.05, 0) is 29.8 Å². The second kappa shape index (κ2) is 5.59. The van der Waals surface area contributed by atoms with Crippen LogP contribution in [0.1, 0.15) is 5.56 Å². The molecule has 17 heavy (non-hydrogen) atoms. The number of anilines is 1. The topological polar surface area (TPSA) is 48.1 Å². The van der Waals surface area contributed by atoms with Crippen molar-refractivity contribution < 1.29 is 4.74 Å². The van der Waals surface area contributed by atoms with Gasteiger partial charge in [0.15, 0.2) is 0 Å². The lowest BCUT2D eigenvalue weighted by Crippen LogP contribution is -1.91. The van der Waals surface area contributed by atoms with E-state index >= 15 is 0 Å². The van der Waals surface area contributed by atoms with Gasteiger partial charge in [0.1, 0.15) is 5.75 Å². The molecule has 2 aromatic rings.